The van der Waals surface area contributed by atoms with Gasteiger partial charge in [-0.25, -0.2) is 4.39 Å². The molecule has 2 aromatic rings. The van der Waals surface area contributed by atoms with Gasteiger partial charge >= 0.3 is 0 Å². The van der Waals surface area contributed by atoms with Gasteiger partial charge in [0, 0.05) is 31.7 Å². The zero-order chi connectivity index (χ0) is 13.9. The molecule has 0 aliphatic carbocycles. The number of aromatic amines is 1. The molecule has 0 saturated carbocycles. The van der Waals surface area contributed by atoms with E-state index in [2.05, 4.69) is 15.5 Å². The number of aromatic nitrogens is 2. The second-order valence-corrected chi connectivity index (χ2v) is 4.71. The molecule has 1 aromatic heterocycles. The lowest BCUT2D eigenvalue weighted by Crippen LogP contribution is -2.46. The fourth-order valence-corrected chi connectivity index (χ4v) is 2.32. The topological polar surface area (TPSA) is 61.0 Å². The summed E-state index contributed by atoms with van der Waals surface area (Å²) >= 11 is 0. The third-order valence-electron chi connectivity index (χ3n) is 3.41. The number of piperazine rings is 1. The molecule has 1 aliphatic rings. The van der Waals surface area contributed by atoms with Crippen LogP contribution in [0.5, 0.6) is 0 Å². The number of hydrogen-bond donors (Lipinski definition) is 2. The molecular formula is C14H16ClFN4O. The third-order valence-corrected chi connectivity index (χ3v) is 3.41. The minimum absolute atomic E-state index is 0. The minimum atomic E-state index is -0.303. The van der Waals surface area contributed by atoms with Crippen molar-refractivity contribution in [2.75, 3.05) is 26.2 Å². The normalized spacial score (nSPS) is 14.6. The summed E-state index contributed by atoms with van der Waals surface area (Å²) in [5, 5.41) is 9.99. The van der Waals surface area contributed by atoms with Gasteiger partial charge in [-0.1, -0.05) is 0 Å². The highest BCUT2D eigenvalue weighted by Gasteiger charge is 2.22. The van der Waals surface area contributed by atoms with Crippen molar-refractivity contribution >= 4 is 18.3 Å². The van der Waals surface area contributed by atoms with E-state index in [1.165, 1.54) is 18.3 Å². The molecule has 1 saturated heterocycles. The average molecular weight is 311 g/mol. The first-order chi connectivity index (χ1) is 9.75. The standard InChI is InChI=1S/C14H15FN4O.ClH/c15-11-3-1-10(2-4-11)13-12(9-17-18-13)14(20)19-7-5-16-6-8-19;/h1-4,9,16H,5-8H2,(H,17,18);1H. The fourth-order valence-electron chi connectivity index (χ4n) is 2.32. The van der Waals surface area contributed by atoms with Gasteiger partial charge < -0.3 is 10.2 Å². The maximum Gasteiger partial charge on any atom is 0.257 e. The molecule has 7 heteroatoms. The number of H-pyrrole nitrogens is 1. The molecule has 1 fully saturated rings. The maximum absolute atomic E-state index is 13.0. The first-order valence-corrected chi connectivity index (χ1v) is 6.55. The van der Waals surface area contributed by atoms with E-state index >= 15 is 0 Å². The first-order valence-electron chi connectivity index (χ1n) is 6.55. The Balaban J connectivity index is 0.00000161. The van der Waals surface area contributed by atoms with Gasteiger partial charge in [-0.15, -0.1) is 12.4 Å². The van der Waals surface area contributed by atoms with Gasteiger partial charge in [-0.2, -0.15) is 5.10 Å². The molecule has 3 rings (SSSR count). The molecule has 0 spiro atoms. The van der Waals surface area contributed by atoms with Gasteiger partial charge in [-0.05, 0) is 24.3 Å². The van der Waals surface area contributed by atoms with Crippen LogP contribution in [-0.2, 0) is 0 Å². The van der Waals surface area contributed by atoms with Crippen LogP contribution in [-0.4, -0.2) is 47.2 Å². The summed E-state index contributed by atoms with van der Waals surface area (Å²) in [5.41, 5.74) is 1.91. The van der Waals surface area contributed by atoms with Crippen LogP contribution in [0.1, 0.15) is 10.4 Å². The molecule has 1 aliphatic heterocycles. The van der Waals surface area contributed by atoms with E-state index in [0.717, 1.165) is 18.7 Å². The van der Waals surface area contributed by atoms with Crippen molar-refractivity contribution in [3.05, 3.63) is 41.8 Å². The second-order valence-electron chi connectivity index (χ2n) is 4.71. The molecule has 0 unspecified atom stereocenters. The van der Waals surface area contributed by atoms with Crippen molar-refractivity contribution in [1.82, 2.24) is 20.4 Å². The Morgan fingerprint density at radius 2 is 1.86 bits per heavy atom. The van der Waals surface area contributed by atoms with Gasteiger partial charge in [0.1, 0.15) is 5.82 Å². The Morgan fingerprint density at radius 1 is 1.19 bits per heavy atom. The summed E-state index contributed by atoms with van der Waals surface area (Å²) in [6, 6.07) is 6.01. The van der Waals surface area contributed by atoms with E-state index in [0.29, 0.717) is 24.3 Å². The van der Waals surface area contributed by atoms with Crippen LogP contribution in [0.25, 0.3) is 11.3 Å². The Bertz CT molecular complexity index is 608. The van der Waals surface area contributed by atoms with Crippen LogP contribution in [0, 0.1) is 5.82 Å². The molecule has 2 heterocycles. The Kier molecular flexibility index (Phi) is 4.93. The summed E-state index contributed by atoms with van der Waals surface area (Å²) in [6.07, 6.45) is 1.53. The number of benzene rings is 1. The fraction of sp³-hybridized carbons (Fsp3) is 0.286. The molecule has 1 aromatic carbocycles. The molecular weight excluding hydrogens is 295 g/mol. The van der Waals surface area contributed by atoms with Crippen LogP contribution in [0.4, 0.5) is 4.39 Å². The number of rotatable bonds is 2. The lowest BCUT2D eigenvalue weighted by Gasteiger charge is -2.27. The molecule has 112 valence electrons. The summed E-state index contributed by atoms with van der Waals surface area (Å²) in [6.45, 7) is 2.98. The van der Waals surface area contributed by atoms with E-state index in [9.17, 15) is 9.18 Å². The number of halogens is 2. The van der Waals surface area contributed by atoms with E-state index in [1.54, 1.807) is 17.0 Å². The zero-order valence-electron chi connectivity index (χ0n) is 11.3. The van der Waals surface area contributed by atoms with Crippen molar-refractivity contribution in [2.45, 2.75) is 0 Å². The van der Waals surface area contributed by atoms with Crippen LogP contribution >= 0.6 is 12.4 Å². The SMILES string of the molecule is Cl.O=C(c1cn[nH]c1-c1ccc(F)cc1)N1CCNCC1. The Labute approximate surface area is 127 Å². The second kappa shape index (κ2) is 6.69. The van der Waals surface area contributed by atoms with Crippen molar-refractivity contribution in [2.24, 2.45) is 0 Å². The molecule has 0 radical (unpaired) electrons. The summed E-state index contributed by atoms with van der Waals surface area (Å²) < 4.78 is 13.0. The predicted molar refractivity (Wildman–Crippen MR) is 80.0 cm³/mol. The summed E-state index contributed by atoms with van der Waals surface area (Å²) in [5.74, 6) is -0.345. The Morgan fingerprint density at radius 3 is 2.52 bits per heavy atom. The van der Waals surface area contributed by atoms with E-state index in [-0.39, 0.29) is 24.1 Å². The van der Waals surface area contributed by atoms with Gasteiger partial charge in [0.25, 0.3) is 5.91 Å². The number of carbonyl (C=O) groups excluding carboxylic acids is 1. The monoisotopic (exact) mass is 310 g/mol. The molecule has 1 amide bonds. The van der Waals surface area contributed by atoms with Gasteiger partial charge in [0.05, 0.1) is 17.5 Å². The maximum atomic E-state index is 13.0. The van der Waals surface area contributed by atoms with Crippen LogP contribution in [0.3, 0.4) is 0 Å². The van der Waals surface area contributed by atoms with Crippen LogP contribution < -0.4 is 5.32 Å². The van der Waals surface area contributed by atoms with Gasteiger partial charge in [0.15, 0.2) is 0 Å². The number of hydrogen-bond acceptors (Lipinski definition) is 3. The van der Waals surface area contributed by atoms with Gasteiger partial charge in [-0.3, -0.25) is 9.89 Å². The lowest BCUT2D eigenvalue weighted by atomic mass is 10.1. The van der Waals surface area contributed by atoms with Crippen molar-refractivity contribution in [1.29, 1.82) is 0 Å². The highest BCUT2D eigenvalue weighted by Crippen LogP contribution is 2.22. The molecule has 2 N–H and O–H groups in total. The number of nitrogens with one attached hydrogen (secondary N) is 2. The summed E-state index contributed by atoms with van der Waals surface area (Å²) in [4.78, 5) is 14.3. The van der Waals surface area contributed by atoms with Crippen LogP contribution in [0.15, 0.2) is 30.5 Å². The number of carbonyl (C=O) groups is 1. The van der Waals surface area contributed by atoms with Crippen molar-refractivity contribution in [3.8, 4) is 11.3 Å². The molecule has 5 nitrogen and oxygen atoms in total. The average Bonchev–Trinajstić information content (AvgIpc) is 2.97. The summed E-state index contributed by atoms with van der Waals surface area (Å²) in [7, 11) is 0. The highest BCUT2D eigenvalue weighted by molar-refractivity contribution is 5.99. The molecule has 0 bridgehead atoms. The number of amides is 1. The first kappa shape index (κ1) is 15.5. The lowest BCUT2D eigenvalue weighted by molar-refractivity contribution is 0.0736. The predicted octanol–water partition coefficient (Wildman–Crippen LogP) is 1.68. The third kappa shape index (κ3) is 3.22. The highest BCUT2D eigenvalue weighted by atomic mass is 35.5. The van der Waals surface area contributed by atoms with E-state index < -0.39 is 0 Å². The van der Waals surface area contributed by atoms with Gasteiger partial charge in [0.2, 0.25) is 0 Å². The van der Waals surface area contributed by atoms with Crippen molar-refractivity contribution < 1.29 is 9.18 Å². The van der Waals surface area contributed by atoms with E-state index in [4.69, 9.17) is 0 Å². The smallest absolute Gasteiger partial charge is 0.257 e. The van der Waals surface area contributed by atoms with Crippen LogP contribution in [0.2, 0.25) is 0 Å². The Hall–Kier alpha value is -1.92. The quantitative estimate of drug-likeness (QED) is 0.887. The molecule has 0 atom stereocenters. The zero-order valence-corrected chi connectivity index (χ0v) is 12.1. The molecule has 21 heavy (non-hydrogen) atoms. The minimum Gasteiger partial charge on any atom is -0.336 e. The largest absolute Gasteiger partial charge is 0.336 e. The van der Waals surface area contributed by atoms with E-state index in [1.807, 2.05) is 0 Å². The van der Waals surface area contributed by atoms with Crippen molar-refractivity contribution in [3.63, 3.8) is 0 Å². The number of nitrogens with zero attached hydrogens (tertiary/aromatic N) is 2.